The fourth-order valence-corrected chi connectivity index (χ4v) is 6.23. The van der Waals surface area contributed by atoms with E-state index in [0.717, 1.165) is 44.2 Å². The molecule has 0 bridgehead atoms. The minimum Gasteiger partial charge on any atom is -0.466 e. The summed E-state index contributed by atoms with van der Waals surface area (Å²) in [6, 6.07) is 10.8. The number of ether oxygens (including phenoxy) is 2. The number of unbranched alkanes of at least 4 members (excludes halogenated alkanes) is 1. The first kappa shape index (κ1) is 25.7. The largest absolute Gasteiger partial charge is 0.466 e. The molecule has 37 heavy (non-hydrogen) atoms. The Morgan fingerprint density at radius 3 is 2.68 bits per heavy atom. The summed E-state index contributed by atoms with van der Waals surface area (Å²) in [7, 11) is 0. The molecule has 2 aliphatic carbocycles. The summed E-state index contributed by atoms with van der Waals surface area (Å²) in [5.41, 5.74) is 4.08. The van der Waals surface area contributed by atoms with Gasteiger partial charge in [0.15, 0.2) is 5.76 Å². The van der Waals surface area contributed by atoms with E-state index in [0.29, 0.717) is 6.17 Å². The molecular formula is C32H43N3O2. The van der Waals surface area contributed by atoms with Crippen LogP contribution in [0.2, 0.25) is 0 Å². The van der Waals surface area contributed by atoms with Crippen molar-refractivity contribution in [1.29, 1.82) is 0 Å². The third-order valence-corrected chi connectivity index (χ3v) is 8.12. The lowest BCUT2D eigenvalue weighted by molar-refractivity contribution is 0.124. The van der Waals surface area contributed by atoms with E-state index in [1.807, 2.05) is 0 Å². The zero-order chi connectivity index (χ0) is 25.3. The third kappa shape index (κ3) is 6.51. The van der Waals surface area contributed by atoms with Crippen LogP contribution in [0.4, 0.5) is 0 Å². The van der Waals surface area contributed by atoms with Gasteiger partial charge < -0.3 is 19.7 Å². The molecule has 5 nitrogen and oxygen atoms in total. The summed E-state index contributed by atoms with van der Waals surface area (Å²) in [4.78, 5) is 5.26. The molecule has 1 aromatic carbocycles. The summed E-state index contributed by atoms with van der Waals surface area (Å²) in [5.74, 6) is 1.59. The highest BCUT2D eigenvalue weighted by atomic mass is 16.5. The molecule has 0 aromatic heterocycles. The molecule has 5 heteroatoms. The minimum atomic E-state index is 0.0118. The first-order chi connectivity index (χ1) is 18.3. The van der Waals surface area contributed by atoms with Crippen LogP contribution >= 0.6 is 0 Å². The Balaban J connectivity index is 1.44. The van der Waals surface area contributed by atoms with Crippen molar-refractivity contribution in [3.63, 3.8) is 0 Å². The lowest BCUT2D eigenvalue weighted by Gasteiger charge is -2.40. The number of nitrogens with one attached hydrogen (secondary N) is 1. The molecule has 198 valence electrons. The van der Waals surface area contributed by atoms with Crippen molar-refractivity contribution in [2.75, 3.05) is 13.1 Å². The Labute approximate surface area is 223 Å². The van der Waals surface area contributed by atoms with Gasteiger partial charge in [-0.25, -0.2) is 0 Å². The highest BCUT2D eigenvalue weighted by Gasteiger charge is 2.36. The molecule has 5 rings (SSSR count). The molecule has 2 atom stereocenters. The van der Waals surface area contributed by atoms with Crippen molar-refractivity contribution in [2.24, 2.45) is 5.92 Å². The van der Waals surface area contributed by atoms with E-state index in [4.69, 9.17) is 9.47 Å². The number of rotatable bonds is 11. The van der Waals surface area contributed by atoms with Crippen LogP contribution in [0.3, 0.4) is 0 Å². The van der Waals surface area contributed by atoms with Crippen LogP contribution in [-0.4, -0.2) is 35.1 Å². The van der Waals surface area contributed by atoms with Crippen molar-refractivity contribution in [3.8, 4) is 0 Å². The van der Waals surface area contributed by atoms with Gasteiger partial charge in [-0.3, -0.25) is 4.90 Å². The summed E-state index contributed by atoms with van der Waals surface area (Å²) in [5, 5.41) is 3.83. The van der Waals surface area contributed by atoms with Gasteiger partial charge in [-0.15, -0.1) is 0 Å². The maximum Gasteiger partial charge on any atom is 0.160 e. The van der Waals surface area contributed by atoms with E-state index < -0.39 is 0 Å². The molecule has 0 saturated heterocycles. The van der Waals surface area contributed by atoms with Gasteiger partial charge in [0.25, 0.3) is 0 Å². The summed E-state index contributed by atoms with van der Waals surface area (Å²) < 4.78 is 11.7. The predicted molar refractivity (Wildman–Crippen MR) is 150 cm³/mol. The second kappa shape index (κ2) is 13.0. The first-order valence-electron chi connectivity index (χ1n) is 14.4. The number of hydrogen-bond acceptors (Lipinski definition) is 5. The van der Waals surface area contributed by atoms with Gasteiger partial charge in [0.1, 0.15) is 25.0 Å². The molecule has 2 heterocycles. The highest BCUT2D eigenvalue weighted by molar-refractivity contribution is 5.31. The zero-order valence-electron chi connectivity index (χ0n) is 22.4. The van der Waals surface area contributed by atoms with Crippen LogP contribution in [0.15, 0.2) is 90.6 Å². The van der Waals surface area contributed by atoms with Crippen LogP contribution in [0.5, 0.6) is 0 Å². The molecule has 4 aliphatic rings. The molecule has 1 aromatic rings. The highest BCUT2D eigenvalue weighted by Crippen LogP contribution is 2.34. The van der Waals surface area contributed by atoms with Crippen LogP contribution in [0, 0.1) is 5.92 Å². The van der Waals surface area contributed by atoms with Crippen LogP contribution in [-0.2, 0) is 16.0 Å². The fourth-order valence-electron chi connectivity index (χ4n) is 6.23. The van der Waals surface area contributed by atoms with Gasteiger partial charge in [0, 0.05) is 31.5 Å². The molecule has 1 saturated carbocycles. The standard InChI is InChI=1S/C32H43N3O2/c1-2-3-19-35-29(22-33-32(35)28-17-11-6-12-18-28)24-34(23-26-13-7-4-8-14-26)31(27-15-9-5-10-16-27)30-25-36-20-21-37-30/h4-5,7-9,13-15,20-22,25,28,31-33H,2-3,6,10-12,16-19,23-24H2,1H3. The lowest BCUT2D eigenvalue weighted by atomic mass is 9.86. The maximum absolute atomic E-state index is 6.08. The Kier molecular flexibility index (Phi) is 9.07. The van der Waals surface area contributed by atoms with Gasteiger partial charge in [0.2, 0.25) is 0 Å². The number of allylic oxidation sites excluding steroid dienone is 3. The van der Waals surface area contributed by atoms with Crippen molar-refractivity contribution >= 4 is 0 Å². The molecule has 2 aliphatic heterocycles. The topological polar surface area (TPSA) is 37.0 Å². The summed E-state index contributed by atoms with van der Waals surface area (Å²) >= 11 is 0. The zero-order valence-corrected chi connectivity index (χ0v) is 22.4. The van der Waals surface area contributed by atoms with Crippen molar-refractivity contribution in [1.82, 2.24) is 15.1 Å². The Morgan fingerprint density at radius 2 is 1.95 bits per heavy atom. The molecular weight excluding hydrogens is 458 g/mol. The van der Waals surface area contributed by atoms with E-state index in [-0.39, 0.29) is 6.04 Å². The first-order valence-corrected chi connectivity index (χ1v) is 14.4. The maximum atomic E-state index is 6.08. The average Bonchev–Trinajstić information content (AvgIpc) is 3.36. The third-order valence-electron chi connectivity index (χ3n) is 8.12. The second-order valence-electron chi connectivity index (χ2n) is 10.7. The Morgan fingerprint density at radius 1 is 1.08 bits per heavy atom. The lowest BCUT2D eigenvalue weighted by Crippen LogP contribution is -2.47. The Bertz CT molecular complexity index is 1020. The van der Waals surface area contributed by atoms with Crippen molar-refractivity contribution < 1.29 is 9.47 Å². The monoisotopic (exact) mass is 501 g/mol. The number of nitrogens with zero attached hydrogens (tertiary/aromatic N) is 2. The smallest absolute Gasteiger partial charge is 0.160 e. The molecule has 2 unspecified atom stereocenters. The molecule has 0 radical (unpaired) electrons. The van der Waals surface area contributed by atoms with E-state index in [1.54, 1.807) is 18.8 Å². The molecule has 0 amide bonds. The molecule has 0 spiro atoms. The molecule has 1 fully saturated rings. The van der Waals surface area contributed by atoms with Crippen LogP contribution < -0.4 is 5.32 Å². The van der Waals surface area contributed by atoms with Gasteiger partial charge >= 0.3 is 0 Å². The molecule has 1 N–H and O–H groups in total. The average molecular weight is 502 g/mol. The summed E-state index contributed by atoms with van der Waals surface area (Å²) in [6.07, 6.45) is 25.8. The van der Waals surface area contributed by atoms with Crippen LogP contribution in [0.1, 0.15) is 70.3 Å². The quantitative estimate of drug-likeness (QED) is 0.355. The van der Waals surface area contributed by atoms with Crippen LogP contribution in [0.25, 0.3) is 0 Å². The SMILES string of the molecule is CCCCN1C(CN(Cc2ccccc2)C(C2=CC=CCC2)C2=COC=CO2)=CNC1C1CCCCC1. The minimum absolute atomic E-state index is 0.0118. The normalized spacial score (nSPS) is 22.6. The van der Waals surface area contributed by atoms with Crippen molar-refractivity contribution in [3.05, 3.63) is 96.1 Å². The van der Waals surface area contributed by atoms with E-state index in [1.165, 1.54) is 61.8 Å². The number of benzene rings is 1. The Hall–Kier alpha value is -2.92. The van der Waals surface area contributed by atoms with Gasteiger partial charge in [0.05, 0.1) is 6.04 Å². The van der Waals surface area contributed by atoms with Crippen molar-refractivity contribution in [2.45, 2.75) is 83.5 Å². The number of hydrogen-bond donors (Lipinski definition) is 1. The predicted octanol–water partition coefficient (Wildman–Crippen LogP) is 6.95. The second-order valence-corrected chi connectivity index (χ2v) is 10.7. The van der Waals surface area contributed by atoms with Gasteiger partial charge in [-0.05, 0) is 49.2 Å². The van der Waals surface area contributed by atoms with E-state index >= 15 is 0 Å². The summed E-state index contributed by atoms with van der Waals surface area (Å²) in [6.45, 7) is 5.09. The fraction of sp³-hybridized carbons (Fsp3) is 0.500. The van der Waals surface area contributed by atoms with E-state index in [2.05, 4.69) is 76.8 Å². The van der Waals surface area contributed by atoms with Gasteiger partial charge in [-0.1, -0.05) is 81.2 Å². The van der Waals surface area contributed by atoms with Gasteiger partial charge in [-0.2, -0.15) is 0 Å². The van der Waals surface area contributed by atoms with E-state index in [9.17, 15) is 0 Å².